The van der Waals surface area contributed by atoms with Crippen molar-refractivity contribution in [2.75, 3.05) is 0 Å². The van der Waals surface area contributed by atoms with E-state index in [2.05, 4.69) is 14.9 Å². The normalized spacial score (nSPS) is 9.29. The van der Waals surface area contributed by atoms with Crippen LogP contribution in [0.15, 0.2) is 10.8 Å². The first-order valence-corrected chi connectivity index (χ1v) is 1.75. The minimum atomic E-state index is -0.608. The molecule has 0 aliphatic carbocycles. The molecule has 0 aliphatic rings. The van der Waals surface area contributed by atoms with Gasteiger partial charge in [0.15, 0.2) is 0 Å². The molecular formula is C3H3FN2O. The van der Waals surface area contributed by atoms with Crippen LogP contribution >= 0.6 is 0 Å². The summed E-state index contributed by atoms with van der Waals surface area (Å²) >= 11 is 0. The molecule has 3 nitrogen and oxygen atoms in total. The zero-order valence-corrected chi connectivity index (χ0v) is 3.47. The van der Waals surface area contributed by atoms with Crippen LogP contribution in [0.5, 0.6) is 0 Å². The summed E-state index contributed by atoms with van der Waals surface area (Å²) in [5.74, 6) is 0. The summed E-state index contributed by atoms with van der Waals surface area (Å²) in [6.07, 6.45) is 1.17. The highest BCUT2D eigenvalue weighted by molar-refractivity contribution is 4.83. The van der Waals surface area contributed by atoms with Crippen LogP contribution in [-0.2, 0) is 6.67 Å². The van der Waals surface area contributed by atoms with Gasteiger partial charge in [-0.2, -0.15) is 0 Å². The molecule has 38 valence electrons. The Morgan fingerprint density at radius 1 is 1.86 bits per heavy atom. The Morgan fingerprint density at radius 2 is 2.71 bits per heavy atom. The van der Waals surface area contributed by atoms with Gasteiger partial charge in [0.05, 0.1) is 0 Å². The van der Waals surface area contributed by atoms with E-state index < -0.39 is 6.67 Å². The van der Waals surface area contributed by atoms with Crippen LogP contribution < -0.4 is 0 Å². The molecule has 1 aromatic rings. The standard InChI is InChI=1S/C3H3FN2O/c4-1-3-2-7-6-5-3/h2H,1H2. The molecule has 0 unspecified atom stereocenters. The molecule has 0 fully saturated rings. The number of aromatic nitrogens is 2. The van der Waals surface area contributed by atoms with Gasteiger partial charge in [0, 0.05) is 5.27 Å². The lowest BCUT2D eigenvalue weighted by atomic mass is 10.6. The smallest absolute Gasteiger partial charge is 0.150 e. The zero-order valence-electron chi connectivity index (χ0n) is 3.47. The van der Waals surface area contributed by atoms with Crippen LogP contribution in [-0.4, -0.2) is 10.4 Å². The molecule has 0 spiro atoms. The minimum Gasteiger partial charge on any atom is -0.345 e. The average Bonchev–Trinajstić information content (AvgIpc) is 2.14. The lowest BCUT2D eigenvalue weighted by Crippen LogP contribution is -1.74. The first kappa shape index (κ1) is 4.23. The van der Waals surface area contributed by atoms with Crippen LogP contribution in [0.2, 0.25) is 0 Å². The monoisotopic (exact) mass is 102 g/mol. The molecule has 0 aliphatic heterocycles. The van der Waals surface area contributed by atoms with Crippen molar-refractivity contribution in [3.8, 4) is 0 Å². The highest BCUT2D eigenvalue weighted by Gasteiger charge is 1.91. The molecule has 0 radical (unpaired) electrons. The van der Waals surface area contributed by atoms with Gasteiger partial charge in [0.2, 0.25) is 0 Å². The van der Waals surface area contributed by atoms with Gasteiger partial charge in [-0.25, -0.2) is 4.39 Å². The third-order valence-electron chi connectivity index (χ3n) is 0.542. The Balaban J connectivity index is 2.76. The molecule has 4 heteroatoms. The lowest BCUT2D eigenvalue weighted by Gasteiger charge is -1.69. The second-order valence-corrected chi connectivity index (χ2v) is 1.03. The summed E-state index contributed by atoms with van der Waals surface area (Å²) in [5, 5.41) is 6.27. The van der Waals surface area contributed by atoms with Crippen molar-refractivity contribution in [3.63, 3.8) is 0 Å². The maximum atomic E-state index is 11.4. The molecule has 0 bridgehead atoms. The van der Waals surface area contributed by atoms with E-state index in [-0.39, 0.29) is 5.69 Å². The summed E-state index contributed by atoms with van der Waals surface area (Å²) < 4.78 is 15.6. The fourth-order valence-electron chi connectivity index (χ4n) is 0.242. The van der Waals surface area contributed by atoms with E-state index in [0.29, 0.717) is 0 Å². The molecule has 7 heavy (non-hydrogen) atoms. The maximum absolute atomic E-state index is 11.4. The first-order valence-electron chi connectivity index (χ1n) is 1.75. The van der Waals surface area contributed by atoms with Crippen LogP contribution in [0.1, 0.15) is 5.69 Å². The topological polar surface area (TPSA) is 38.9 Å². The summed E-state index contributed by atoms with van der Waals surface area (Å²) in [6.45, 7) is -0.608. The van der Waals surface area contributed by atoms with Gasteiger partial charge in [0.25, 0.3) is 0 Å². The summed E-state index contributed by atoms with van der Waals surface area (Å²) in [4.78, 5) is 0. The Morgan fingerprint density at radius 3 is 3.00 bits per heavy atom. The maximum Gasteiger partial charge on any atom is 0.150 e. The van der Waals surface area contributed by atoms with Crippen molar-refractivity contribution in [1.29, 1.82) is 0 Å². The van der Waals surface area contributed by atoms with Gasteiger partial charge in [0.1, 0.15) is 18.6 Å². The summed E-state index contributed by atoms with van der Waals surface area (Å²) in [7, 11) is 0. The van der Waals surface area contributed by atoms with Crippen LogP contribution in [0.4, 0.5) is 4.39 Å². The molecule has 0 saturated heterocycles. The van der Waals surface area contributed by atoms with Crippen LogP contribution in [0.25, 0.3) is 0 Å². The number of nitrogens with zero attached hydrogens (tertiary/aromatic N) is 2. The Labute approximate surface area is 39.1 Å². The van der Waals surface area contributed by atoms with Gasteiger partial charge in [-0.1, -0.05) is 0 Å². The third-order valence-corrected chi connectivity index (χ3v) is 0.542. The largest absolute Gasteiger partial charge is 0.345 e. The van der Waals surface area contributed by atoms with Gasteiger partial charge >= 0.3 is 0 Å². The van der Waals surface area contributed by atoms with Crippen molar-refractivity contribution in [3.05, 3.63) is 12.0 Å². The number of halogens is 1. The van der Waals surface area contributed by atoms with Gasteiger partial charge in [-0.15, -0.1) is 5.10 Å². The highest BCUT2D eigenvalue weighted by atomic mass is 19.1. The predicted octanol–water partition coefficient (Wildman–Crippen LogP) is 0.539. The van der Waals surface area contributed by atoms with E-state index in [0.717, 1.165) is 0 Å². The van der Waals surface area contributed by atoms with Gasteiger partial charge < -0.3 is 4.52 Å². The lowest BCUT2D eigenvalue weighted by molar-refractivity contribution is 0.392. The SMILES string of the molecule is FCc1conn1. The number of alkyl halides is 1. The Kier molecular flexibility index (Phi) is 1.02. The van der Waals surface area contributed by atoms with E-state index in [1.165, 1.54) is 6.26 Å². The minimum absolute atomic E-state index is 0.236. The van der Waals surface area contributed by atoms with Crippen molar-refractivity contribution >= 4 is 0 Å². The second-order valence-electron chi connectivity index (χ2n) is 1.03. The van der Waals surface area contributed by atoms with E-state index >= 15 is 0 Å². The fourth-order valence-corrected chi connectivity index (χ4v) is 0.242. The third kappa shape index (κ3) is 0.734. The molecule has 0 amide bonds. The first-order chi connectivity index (χ1) is 3.43. The Bertz CT molecular complexity index is 127. The van der Waals surface area contributed by atoms with Gasteiger partial charge in [-0.05, 0) is 0 Å². The molecule has 1 heterocycles. The average molecular weight is 102 g/mol. The summed E-state index contributed by atoms with van der Waals surface area (Å²) in [5.41, 5.74) is 0.236. The fraction of sp³-hybridized carbons (Fsp3) is 0.333. The van der Waals surface area contributed by atoms with E-state index in [9.17, 15) is 4.39 Å². The van der Waals surface area contributed by atoms with Crippen LogP contribution in [0.3, 0.4) is 0 Å². The molecule has 1 rings (SSSR count). The van der Waals surface area contributed by atoms with Gasteiger partial charge in [-0.3, -0.25) is 0 Å². The number of hydrogen-bond donors (Lipinski definition) is 0. The van der Waals surface area contributed by atoms with Crippen molar-refractivity contribution in [1.82, 2.24) is 10.4 Å². The van der Waals surface area contributed by atoms with E-state index in [1.807, 2.05) is 0 Å². The highest BCUT2D eigenvalue weighted by Crippen LogP contribution is 1.90. The molecule has 0 saturated carbocycles. The van der Waals surface area contributed by atoms with Crippen LogP contribution in [0, 0.1) is 0 Å². The van der Waals surface area contributed by atoms with E-state index in [1.54, 1.807) is 0 Å². The second kappa shape index (κ2) is 1.68. The molecule has 0 atom stereocenters. The Hall–Kier alpha value is -0.930. The summed E-state index contributed by atoms with van der Waals surface area (Å²) in [6, 6.07) is 0. The molecule has 0 aromatic carbocycles. The quantitative estimate of drug-likeness (QED) is 0.519. The zero-order chi connectivity index (χ0) is 5.11. The van der Waals surface area contributed by atoms with Crippen molar-refractivity contribution < 1.29 is 8.91 Å². The van der Waals surface area contributed by atoms with Crippen molar-refractivity contribution in [2.45, 2.75) is 6.67 Å². The number of hydrogen-bond acceptors (Lipinski definition) is 3. The molecular weight excluding hydrogens is 99.0 g/mol. The van der Waals surface area contributed by atoms with E-state index in [4.69, 9.17) is 0 Å². The van der Waals surface area contributed by atoms with Crippen molar-refractivity contribution in [2.24, 2.45) is 0 Å². The molecule has 0 N–H and O–H groups in total. The predicted molar refractivity (Wildman–Crippen MR) is 19.1 cm³/mol. The molecule has 1 aromatic heterocycles. The number of rotatable bonds is 1.